The lowest BCUT2D eigenvalue weighted by Gasteiger charge is -2.30. The molecule has 7 heteroatoms. The van der Waals surface area contributed by atoms with Crippen molar-refractivity contribution in [1.82, 2.24) is 19.9 Å². The van der Waals surface area contributed by atoms with Crippen LogP contribution in [0.1, 0.15) is 29.7 Å². The minimum Gasteiger partial charge on any atom is -0.438 e. The first-order valence-electron chi connectivity index (χ1n) is 10.4. The van der Waals surface area contributed by atoms with E-state index in [1.807, 2.05) is 12.3 Å². The summed E-state index contributed by atoms with van der Waals surface area (Å²) in [6.45, 7) is 4.40. The van der Waals surface area contributed by atoms with Gasteiger partial charge in [-0.2, -0.15) is 4.98 Å². The van der Waals surface area contributed by atoms with Gasteiger partial charge in [0.1, 0.15) is 11.6 Å². The van der Waals surface area contributed by atoms with Crippen molar-refractivity contribution < 1.29 is 9.13 Å². The van der Waals surface area contributed by atoms with Crippen LogP contribution in [-0.4, -0.2) is 39.5 Å². The van der Waals surface area contributed by atoms with E-state index in [1.165, 1.54) is 17.7 Å². The molecule has 0 radical (unpaired) electrons. The van der Waals surface area contributed by atoms with Crippen molar-refractivity contribution in [3.8, 4) is 11.6 Å². The van der Waals surface area contributed by atoms with Crippen LogP contribution in [0.25, 0.3) is 0 Å². The smallest absolute Gasteiger partial charge is 0.228 e. The molecule has 30 heavy (non-hydrogen) atoms. The maximum atomic E-state index is 13.3. The van der Waals surface area contributed by atoms with E-state index in [9.17, 15) is 4.39 Å². The molecule has 0 unspecified atom stereocenters. The molecule has 2 aliphatic heterocycles. The van der Waals surface area contributed by atoms with Gasteiger partial charge in [0.15, 0.2) is 0 Å². The number of pyridine rings is 1. The third-order valence-corrected chi connectivity index (χ3v) is 5.64. The lowest BCUT2D eigenvalue weighted by Crippen LogP contribution is -2.32. The second-order valence-electron chi connectivity index (χ2n) is 7.83. The highest BCUT2D eigenvalue weighted by Gasteiger charge is 2.26. The van der Waals surface area contributed by atoms with Crippen LogP contribution in [0.4, 0.5) is 10.3 Å². The Morgan fingerprint density at radius 2 is 1.83 bits per heavy atom. The molecule has 6 nitrogen and oxygen atoms in total. The molecule has 154 valence electrons. The number of ether oxygens (including phenoxy) is 1. The van der Waals surface area contributed by atoms with Crippen LogP contribution in [0.2, 0.25) is 0 Å². The van der Waals surface area contributed by atoms with Gasteiger partial charge in [-0.25, -0.2) is 9.37 Å². The van der Waals surface area contributed by atoms with Crippen LogP contribution in [0, 0.1) is 5.82 Å². The molecule has 0 spiro atoms. The number of anilines is 1. The lowest BCUT2D eigenvalue weighted by atomic mass is 10.1. The number of hydrogen-bond donors (Lipinski definition) is 0. The zero-order valence-electron chi connectivity index (χ0n) is 16.8. The molecule has 3 aromatic rings. The van der Waals surface area contributed by atoms with Crippen LogP contribution < -0.4 is 9.64 Å². The molecule has 0 aliphatic carbocycles. The Balaban J connectivity index is 1.45. The maximum absolute atomic E-state index is 13.3. The third kappa shape index (κ3) is 4.11. The highest BCUT2D eigenvalue weighted by atomic mass is 19.1. The van der Waals surface area contributed by atoms with E-state index < -0.39 is 0 Å². The van der Waals surface area contributed by atoms with E-state index in [-0.39, 0.29) is 5.82 Å². The summed E-state index contributed by atoms with van der Waals surface area (Å²) >= 11 is 0. The van der Waals surface area contributed by atoms with Crippen molar-refractivity contribution in [3.05, 3.63) is 71.4 Å². The summed E-state index contributed by atoms with van der Waals surface area (Å²) in [4.78, 5) is 18.5. The standard InChI is InChI=1S/C23H24FN5O/c24-18-5-7-19(8-6-18)30-22-20-16-28(15-17-4-3-10-25-14-17)13-9-21(20)26-23(27-22)29-11-1-2-12-29/h3-8,10,14H,1-2,9,11-13,15-16H2. The number of benzene rings is 1. The molecule has 5 rings (SSSR count). The van der Waals surface area contributed by atoms with E-state index >= 15 is 0 Å². The summed E-state index contributed by atoms with van der Waals surface area (Å²) in [5.41, 5.74) is 3.24. The largest absolute Gasteiger partial charge is 0.438 e. The predicted molar refractivity (Wildman–Crippen MR) is 112 cm³/mol. The van der Waals surface area contributed by atoms with Crippen LogP contribution >= 0.6 is 0 Å². The minimum absolute atomic E-state index is 0.285. The Kier molecular flexibility index (Phi) is 5.27. The van der Waals surface area contributed by atoms with Crippen molar-refractivity contribution >= 4 is 5.95 Å². The number of rotatable bonds is 5. The second kappa shape index (κ2) is 8.36. The molecule has 2 aliphatic rings. The molecule has 2 aromatic heterocycles. The van der Waals surface area contributed by atoms with E-state index in [0.29, 0.717) is 18.2 Å². The second-order valence-corrected chi connectivity index (χ2v) is 7.83. The number of aromatic nitrogens is 3. The topological polar surface area (TPSA) is 54.4 Å². The summed E-state index contributed by atoms with van der Waals surface area (Å²) in [6, 6.07) is 10.1. The van der Waals surface area contributed by atoms with Gasteiger partial charge in [-0.15, -0.1) is 0 Å². The summed E-state index contributed by atoms with van der Waals surface area (Å²) < 4.78 is 19.5. The molecule has 0 atom stereocenters. The normalized spacial score (nSPS) is 16.5. The summed E-state index contributed by atoms with van der Waals surface area (Å²) in [6.07, 6.45) is 6.86. The van der Waals surface area contributed by atoms with Crippen LogP contribution in [-0.2, 0) is 19.5 Å². The molecule has 1 saturated heterocycles. The summed E-state index contributed by atoms with van der Waals surface area (Å²) in [5, 5.41) is 0. The van der Waals surface area contributed by atoms with Crippen molar-refractivity contribution in [1.29, 1.82) is 0 Å². The van der Waals surface area contributed by atoms with Gasteiger partial charge < -0.3 is 9.64 Å². The monoisotopic (exact) mass is 405 g/mol. The molecule has 0 bridgehead atoms. The van der Waals surface area contributed by atoms with E-state index in [4.69, 9.17) is 14.7 Å². The van der Waals surface area contributed by atoms with E-state index in [2.05, 4.69) is 20.9 Å². The van der Waals surface area contributed by atoms with Gasteiger partial charge in [0, 0.05) is 51.5 Å². The molecule has 0 amide bonds. The van der Waals surface area contributed by atoms with Crippen LogP contribution in [0.5, 0.6) is 11.6 Å². The SMILES string of the molecule is Fc1ccc(Oc2nc(N3CCCC3)nc3c2CN(Cc2cccnc2)CC3)cc1. The zero-order valence-corrected chi connectivity index (χ0v) is 16.8. The lowest BCUT2D eigenvalue weighted by molar-refractivity contribution is 0.238. The Morgan fingerprint density at radius 3 is 2.60 bits per heavy atom. The fraction of sp³-hybridized carbons (Fsp3) is 0.348. The first-order chi connectivity index (χ1) is 14.7. The highest BCUT2D eigenvalue weighted by molar-refractivity contribution is 5.44. The average Bonchev–Trinajstić information content (AvgIpc) is 3.31. The van der Waals surface area contributed by atoms with Crippen molar-refractivity contribution in [3.63, 3.8) is 0 Å². The Morgan fingerprint density at radius 1 is 1.00 bits per heavy atom. The van der Waals surface area contributed by atoms with E-state index in [1.54, 1.807) is 18.3 Å². The fourth-order valence-corrected chi connectivity index (χ4v) is 4.07. The van der Waals surface area contributed by atoms with Gasteiger partial charge in [0.2, 0.25) is 11.8 Å². The summed E-state index contributed by atoms with van der Waals surface area (Å²) in [5.74, 6) is 1.61. The van der Waals surface area contributed by atoms with Crippen LogP contribution in [0.15, 0.2) is 48.8 Å². The quantitative estimate of drug-likeness (QED) is 0.640. The van der Waals surface area contributed by atoms with Gasteiger partial charge in [0.05, 0.1) is 11.3 Å². The van der Waals surface area contributed by atoms with Crippen LogP contribution in [0.3, 0.4) is 0 Å². The zero-order chi connectivity index (χ0) is 20.3. The Bertz CT molecular complexity index is 1010. The maximum Gasteiger partial charge on any atom is 0.228 e. The predicted octanol–water partition coefficient (Wildman–Crippen LogP) is 3.96. The highest BCUT2D eigenvalue weighted by Crippen LogP contribution is 2.32. The number of halogens is 1. The third-order valence-electron chi connectivity index (χ3n) is 5.64. The minimum atomic E-state index is -0.285. The molecule has 0 saturated carbocycles. The van der Waals surface area contributed by atoms with Crippen molar-refractivity contribution in [2.24, 2.45) is 0 Å². The van der Waals surface area contributed by atoms with Crippen molar-refractivity contribution in [2.45, 2.75) is 32.4 Å². The number of fused-ring (bicyclic) bond motifs is 1. The van der Waals surface area contributed by atoms with E-state index in [0.717, 1.165) is 62.6 Å². The Hall–Kier alpha value is -3.06. The van der Waals surface area contributed by atoms with Crippen molar-refractivity contribution in [2.75, 3.05) is 24.5 Å². The summed E-state index contributed by atoms with van der Waals surface area (Å²) in [7, 11) is 0. The molecule has 0 N–H and O–H groups in total. The molecular formula is C23H24FN5O. The number of hydrogen-bond acceptors (Lipinski definition) is 6. The molecular weight excluding hydrogens is 381 g/mol. The molecule has 1 aromatic carbocycles. The number of nitrogens with zero attached hydrogens (tertiary/aromatic N) is 5. The van der Waals surface area contributed by atoms with Gasteiger partial charge in [-0.05, 0) is 48.7 Å². The van der Waals surface area contributed by atoms with Gasteiger partial charge in [0.25, 0.3) is 0 Å². The van der Waals surface area contributed by atoms with Gasteiger partial charge in [-0.1, -0.05) is 6.07 Å². The van der Waals surface area contributed by atoms with Gasteiger partial charge in [-0.3, -0.25) is 9.88 Å². The van der Waals surface area contributed by atoms with Gasteiger partial charge >= 0.3 is 0 Å². The fourth-order valence-electron chi connectivity index (χ4n) is 4.07. The average molecular weight is 405 g/mol. The molecule has 1 fully saturated rings. The first kappa shape index (κ1) is 18.9. The first-order valence-corrected chi connectivity index (χ1v) is 10.4. The Labute approximate surface area is 175 Å². The molecule has 4 heterocycles.